The summed E-state index contributed by atoms with van der Waals surface area (Å²) in [5.41, 5.74) is 7.78. The molecular formula is C25H45N2O3+. The van der Waals surface area contributed by atoms with Gasteiger partial charge < -0.3 is 10.8 Å². The summed E-state index contributed by atoms with van der Waals surface area (Å²) < 4.78 is 0. The number of benzene rings is 1. The Morgan fingerprint density at radius 1 is 0.933 bits per heavy atom. The summed E-state index contributed by atoms with van der Waals surface area (Å²) in [5.74, 6) is -0.903. The number of hydrogen-bond donors (Lipinski definition) is 3. The van der Waals surface area contributed by atoms with Crippen LogP contribution in [0.15, 0.2) is 24.3 Å². The summed E-state index contributed by atoms with van der Waals surface area (Å²) in [4.78, 5) is 22.7. The summed E-state index contributed by atoms with van der Waals surface area (Å²) in [7, 11) is 0. The van der Waals surface area contributed by atoms with E-state index < -0.39 is 5.97 Å². The van der Waals surface area contributed by atoms with Crippen LogP contribution in [0.3, 0.4) is 0 Å². The predicted octanol–water partition coefficient (Wildman–Crippen LogP) is 4.79. The number of primary amides is 1. The fraction of sp³-hybridized carbons (Fsp3) is 0.680. The van der Waals surface area contributed by atoms with Gasteiger partial charge in [-0.15, -0.1) is 0 Å². The topological polar surface area (TPSA) is 84.8 Å². The first-order valence-corrected chi connectivity index (χ1v) is 11.8. The number of quaternary nitrogens is 1. The minimum atomic E-state index is -0.659. The van der Waals surface area contributed by atoms with Gasteiger partial charge in [-0.3, -0.25) is 14.5 Å². The maximum absolute atomic E-state index is 11.3. The zero-order chi connectivity index (χ0) is 22.8. The van der Waals surface area contributed by atoms with Crippen molar-refractivity contribution in [1.29, 1.82) is 0 Å². The number of nitrogens with two attached hydrogens (primary N) is 1. The quantitative estimate of drug-likeness (QED) is 0.356. The highest BCUT2D eigenvalue weighted by molar-refractivity contribution is 5.78. The first-order chi connectivity index (χ1) is 14.3. The maximum atomic E-state index is 11.3. The van der Waals surface area contributed by atoms with Gasteiger partial charge >= 0.3 is 5.97 Å². The third kappa shape index (κ3) is 13.4. The Hall–Kier alpha value is -1.88. The molecule has 0 fully saturated rings. The Bertz CT molecular complexity index is 590. The van der Waals surface area contributed by atoms with Gasteiger partial charge in [-0.05, 0) is 32.8 Å². The number of unbranched alkanes of at least 4 members (excludes halogenated alkanes) is 8. The number of carbonyl (C=O) groups is 2. The second kappa shape index (κ2) is 17.9. The van der Waals surface area contributed by atoms with E-state index in [-0.39, 0.29) is 11.9 Å². The molecule has 0 saturated heterocycles. The Labute approximate surface area is 184 Å². The van der Waals surface area contributed by atoms with Gasteiger partial charge in [-0.25, -0.2) is 0 Å². The molecule has 0 spiro atoms. The van der Waals surface area contributed by atoms with Crippen LogP contribution in [0.25, 0.3) is 0 Å². The van der Waals surface area contributed by atoms with E-state index >= 15 is 0 Å². The van der Waals surface area contributed by atoms with Crippen LogP contribution in [0.4, 0.5) is 5.69 Å². The van der Waals surface area contributed by atoms with Gasteiger partial charge in [0.15, 0.2) is 6.04 Å². The van der Waals surface area contributed by atoms with E-state index in [0.717, 1.165) is 30.7 Å². The number of rotatable bonds is 15. The van der Waals surface area contributed by atoms with Gasteiger partial charge in [0.1, 0.15) is 5.69 Å². The second-order valence-electron chi connectivity index (χ2n) is 8.19. The summed E-state index contributed by atoms with van der Waals surface area (Å²) >= 11 is 0. The number of carbonyl (C=O) groups excluding carboxylic acids is 1. The van der Waals surface area contributed by atoms with Crippen molar-refractivity contribution in [2.75, 3.05) is 6.54 Å². The van der Waals surface area contributed by atoms with E-state index in [1.54, 1.807) is 0 Å². The minimum Gasteiger partial charge on any atom is -0.481 e. The summed E-state index contributed by atoms with van der Waals surface area (Å²) in [6.07, 6.45) is 12.5. The van der Waals surface area contributed by atoms with E-state index in [0.29, 0.717) is 6.42 Å². The molecule has 0 saturated carbocycles. The molecule has 1 aromatic rings. The van der Waals surface area contributed by atoms with Crippen molar-refractivity contribution in [2.24, 2.45) is 5.73 Å². The highest BCUT2D eigenvalue weighted by atomic mass is 16.4. The van der Waals surface area contributed by atoms with E-state index in [4.69, 9.17) is 10.8 Å². The van der Waals surface area contributed by atoms with Crippen LogP contribution in [-0.4, -0.2) is 29.6 Å². The van der Waals surface area contributed by atoms with Crippen LogP contribution >= 0.6 is 0 Å². The standard InChI is InChI=1S/C13H20N2O.C12H24O2/c1-4-9-15(11(3)13(14)16)12-8-6-5-7-10(12)2;1-2-3-4-5-6-7-8-9-10-11-12(13)14/h5-8,11H,4,9H2,1-3H3,(H2,14,16);2-11H2,1H3,(H,13,14)/p+1. The highest BCUT2D eigenvalue weighted by Gasteiger charge is 2.25. The summed E-state index contributed by atoms with van der Waals surface area (Å²) in [6, 6.07) is 7.97. The van der Waals surface area contributed by atoms with Crippen molar-refractivity contribution >= 4 is 17.6 Å². The zero-order valence-corrected chi connectivity index (χ0v) is 19.7. The van der Waals surface area contributed by atoms with E-state index in [1.807, 2.05) is 19.1 Å². The van der Waals surface area contributed by atoms with E-state index in [1.165, 1.54) is 56.2 Å². The lowest BCUT2D eigenvalue weighted by Gasteiger charge is -2.24. The third-order valence-electron chi connectivity index (χ3n) is 5.45. The van der Waals surface area contributed by atoms with Crippen molar-refractivity contribution < 1.29 is 19.6 Å². The van der Waals surface area contributed by atoms with Crippen LogP contribution in [0.5, 0.6) is 0 Å². The molecule has 1 rings (SSSR count). The number of amides is 1. The number of para-hydroxylation sites is 1. The molecule has 0 aliphatic carbocycles. The highest BCUT2D eigenvalue weighted by Crippen LogP contribution is 2.10. The smallest absolute Gasteiger partial charge is 0.303 e. The second-order valence-corrected chi connectivity index (χ2v) is 8.19. The Balaban J connectivity index is 0.000000567. The molecule has 2 atom stereocenters. The molecule has 1 amide bonds. The lowest BCUT2D eigenvalue weighted by atomic mass is 10.1. The van der Waals surface area contributed by atoms with Crippen molar-refractivity contribution in [3.8, 4) is 0 Å². The number of hydrogen-bond acceptors (Lipinski definition) is 2. The Morgan fingerprint density at radius 2 is 1.47 bits per heavy atom. The SMILES string of the molecule is CCCCCCCCCCCC(=O)O.CCC[NH+](c1ccccc1C)C(C)C(N)=O. The third-order valence-corrected chi connectivity index (χ3v) is 5.45. The maximum Gasteiger partial charge on any atom is 0.303 e. The van der Waals surface area contributed by atoms with Gasteiger partial charge in [0, 0.05) is 12.0 Å². The van der Waals surface area contributed by atoms with Gasteiger partial charge in [0.05, 0.1) is 6.54 Å². The van der Waals surface area contributed by atoms with Crippen LogP contribution in [-0.2, 0) is 9.59 Å². The number of carboxylic acid groups (broad SMARTS) is 1. The number of aliphatic carboxylic acids is 1. The van der Waals surface area contributed by atoms with E-state index in [9.17, 15) is 9.59 Å². The molecule has 0 bridgehead atoms. The molecule has 0 aliphatic rings. The van der Waals surface area contributed by atoms with Gasteiger partial charge in [-0.1, -0.05) is 83.4 Å². The Morgan fingerprint density at radius 3 is 1.93 bits per heavy atom. The average Bonchev–Trinajstić information content (AvgIpc) is 2.71. The molecular weight excluding hydrogens is 376 g/mol. The summed E-state index contributed by atoms with van der Waals surface area (Å²) in [6.45, 7) is 9.23. The molecule has 5 heteroatoms. The summed E-state index contributed by atoms with van der Waals surface area (Å²) in [5, 5.41) is 8.41. The number of nitrogens with one attached hydrogen (secondary N) is 1. The molecule has 5 nitrogen and oxygen atoms in total. The lowest BCUT2D eigenvalue weighted by Crippen LogP contribution is -3.12. The van der Waals surface area contributed by atoms with Crippen LogP contribution in [0, 0.1) is 6.92 Å². The molecule has 1 aromatic carbocycles. The van der Waals surface area contributed by atoms with Crippen LogP contribution in [0.1, 0.15) is 97.0 Å². The molecule has 0 radical (unpaired) electrons. The van der Waals surface area contributed by atoms with Crippen molar-refractivity contribution in [1.82, 2.24) is 0 Å². The van der Waals surface area contributed by atoms with Crippen LogP contribution < -0.4 is 10.6 Å². The first-order valence-electron chi connectivity index (χ1n) is 11.8. The first kappa shape index (κ1) is 28.1. The van der Waals surface area contributed by atoms with Gasteiger partial charge in [0.25, 0.3) is 5.91 Å². The van der Waals surface area contributed by atoms with Crippen molar-refractivity contribution in [3.63, 3.8) is 0 Å². The predicted molar refractivity (Wildman–Crippen MR) is 125 cm³/mol. The van der Waals surface area contributed by atoms with Crippen molar-refractivity contribution in [3.05, 3.63) is 29.8 Å². The molecule has 172 valence electrons. The van der Waals surface area contributed by atoms with Gasteiger partial charge in [0.2, 0.25) is 0 Å². The zero-order valence-electron chi connectivity index (χ0n) is 19.7. The van der Waals surface area contributed by atoms with E-state index in [2.05, 4.69) is 32.9 Å². The van der Waals surface area contributed by atoms with Crippen LogP contribution in [0.2, 0.25) is 0 Å². The molecule has 0 aliphatic heterocycles. The Kier molecular flexibility index (Phi) is 16.8. The molecule has 0 heterocycles. The monoisotopic (exact) mass is 421 g/mol. The molecule has 2 unspecified atom stereocenters. The normalized spacial score (nSPS) is 12.5. The lowest BCUT2D eigenvalue weighted by molar-refractivity contribution is -0.848. The number of carboxylic acids is 1. The number of aryl methyl sites for hydroxylation is 1. The minimum absolute atomic E-state index is 0.180. The average molecular weight is 422 g/mol. The molecule has 30 heavy (non-hydrogen) atoms. The fourth-order valence-electron chi connectivity index (χ4n) is 3.55. The van der Waals surface area contributed by atoms with Crippen molar-refractivity contribution in [2.45, 2.75) is 104 Å². The largest absolute Gasteiger partial charge is 0.481 e. The fourth-order valence-corrected chi connectivity index (χ4v) is 3.55. The van der Waals surface area contributed by atoms with Gasteiger partial charge in [-0.2, -0.15) is 0 Å². The molecule has 4 N–H and O–H groups in total. The molecule has 0 aromatic heterocycles.